The molecule has 0 unspecified atom stereocenters. The molecule has 1 aromatic heterocycles. The van der Waals surface area contributed by atoms with Gasteiger partial charge in [0.25, 0.3) is 5.91 Å². The number of amides is 1. The molecule has 120 valence electrons. The van der Waals surface area contributed by atoms with Crippen molar-refractivity contribution < 1.29 is 4.79 Å². The molecule has 4 heteroatoms. The molecule has 0 saturated heterocycles. The fourth-order valence-electron chi connectivity index (χ4n) is 2.42. The molecule has 0 atom stereocenters. The number of aryl methyl sites for hydroxylation is 1. The number of benzene rings is 2. The maximum absolute atomic E-state index is 12.3. The van der Waals surface area contributed by atoms with Crippen LogP contribution in [0, 0.1) is 6.92 Å². The van der Waals surface area contributed by atoms with Crippen molar-refractivity contribution in [3.63, 3.8) is 0 Å². The van der Waals surface area contributed by atoms with Gasteiger partial charge in [0.1, 0.15) is 5.69 Å². The number of para-hydroxylation sites is 1. The summed E-state index contributed by atoms with van der Waals surface area (Å²) in [6.45, 7) is 2.52. The van der Waals surface area contributed by atoms with Crippen molar-refractivity contribution in [2.75, 3.05) is 5.32 Å². The van der Waals surface area contributed by atoms with Crippen molar-refractivity contribution in [2.45, 2.75) is 13.5 Å². The van der Waals surface area contributed by atoms with Crippen molar-refractivity contribution in [3.05, 3.63) is 89.7 Å². The topological polar surface area (TPSA) is 54.0 Å². The number of carbonyl (C=O) groups excluding carboxylic acids is 1. The number of hydrogen-bond donors (Lipinski definition) is 2. The summed E-state index contributed by atoms with van der Waals surface area (Å²) in [4.78, 5) is 16.5. The SMILES string of the molecule is Cc1cccc(CNC(=O)c2cc(Nc3ccccc3)ccn2)c1. The number of carbonyl (C=O) groups is 1. The van der Waals surface area contributed by atoms with Crippen LogP contribution in [-0.2, 0) is 6.54 Å². The van der Waals surface area contributed by atoms with Gasteiger partial charge in [-0.3, -0.25) is 9.78 Å². The zero-order chi connectivity index (χ0) is 16.8. The third-order valence-electron chi connectivity index (χ3n) is 3.59. The number of nitrogens with one attached hydrogen (secondary N) is 2. The highest BCUT2D eigenvalue weighted by atomic mass is 16.1. The second kappa shape index (κ2) is 7.42. The van der Waals surface area contributed by atoms with Crippen LogP contribution in [0.15, 0.2) is 72.9 Å². The van der Waals surface area contributed by atoms with E-state index in [4.69, 9.17) is 0 Å². The lowest BCUT2D eigenvalue weighted by atomic mass is 10.1. The van der Waals surface area contributed by atoms with Gasteiger partial charge in [0.15, 0.2) is 0 Å². The Labute approximate surface area is 141 Å². The predicted molar refractivity (Wildman–Crippen MR) is 96.3 cm³/mol. The molecule has 3 rings (SSSR count). The van der Waals surface area contributed by atoms with E-state index in [0.29, 0.717) is 12.2 Å². The Morgan fingerprint density at radius 3 is 2.58 bits per heavy atom. The third kappa shape index (κ3) is 4.20. The van der Waals surface area contributed by atoms with Gasteiger partial charge >= 0.3 is 0 Å². The smallest absolute Gasteiger partial charge is 0.270 e. The molecular formula is C20H19N3O. The minimum Gasteiger partial charge on any atom is -0.355 e. The molecule has 24 heavy (non-hydrogen) atoms. The number of aromatic nitrogens is 1. The first kappa shape index (κ1) is 15.7. The lowest BCUT2D eigenvalue weighted by molar-refractivity contribution is 0.0946. The first-order valence-electron chi connectivity index (χ1n) is 7.82. The quantitative estimate of drug-likeness (QED) is 0.746. The molecule has 1 amide bonds. The number of nitrogens with zero attached hydrogens (tertiary/aromatic N) is 1. The molecule has 0 saturated carbocycles. The Morgan fingerprint density at radius 1 is 0.958 bits per heavy atom. The van der Waals surface area contributed by atoms with Gasteiger partial charge in [-0.25, -0.2) is 0 Å². The van der Waals surface area contributed by atoms with Gasteiger partial charge in [0.05, 0.1) is 0 Å². The fraction of sp³-hybridized carbons (Fsp3) is 0.100. The lowest BCUT2D eigenvalue weighted by Gasteiger charge is -2.09. The Hall–Kier alpha value is -3.14. The van der Waals surface area contributed by atoms with E-state index in [1.165, 1.54) is 5.56 Å². The maximum Gasteiger partial charge on any atom is 0.270 e. The van der Waals surface area contributed by atoms with Crippen molar-refractivity contribution in [3.8, 4) is 0 Å². The highest BCUT2D eigenvalue weighted by Crippen LogP contribution is 2.16. The summed E-state index contributed by atoms with van der Waals surface area (Å²) in [7, 11) is 0. The standard InChI is InChI=1S/C20H19N3O/c1-15-6-5-7-16(12-15)14-22-20(24)19-13-18(10-11-21-19)23-17-8-3-2-4-9-17/h2-13H,14H2,1H3,(H,21,23)(H,22,24). The number of pyridine rings is 1. The average molecular weight is 317 g/mol. The number of hydrogen-bond acceptors (Lipinski definition) is 3. The van der Waals surface area contributed by atoms with Crippen LogP contribution in [0.1, 0.15) is 21.6 Å². The molecule has 4 nitrogen and oxygen atoms in total. The zero-order valence-electron chi connectivity index (χ0n) is 13.5. The van der Waals surface area contributed by atoms with Crippen molar-refractivity contribution in [2.24, 2.45) is 0 Å². The zero-order valence-corrected chi connectivity index (χ0v) is 13.5. The number of rotatable bonds is 5. The Kier molecular flexibility index (Phi) is 4.87. The van der Waals surface area contributed by atoms with Gasteiger partial charge in [-0.1, -0.05) is 48.0 Å². The molecule has 0 aliphatic rings. The number of anilines is 2. The normalized spacial score (nSPS) is 10.2. The first-order chi connectivity index (χ1) is 11.7. The Morgan fingerprint density at radius 2 is 1.79 bits per heavy atom. The predicted octanol–water partition coefficient (Wildman–Crippen LogP) is 4.06. The van der Waals surface area contributed by atoms with Gasteiger partial charge in [-0.15, -0.1) is 0 Å². The summed E-state index contributed by atoms with van der Waals surface area (Å²) in [5.41, 5.74) is 4.44. The summed E-state index contributed by atoms with van der Waals surface area (Å²) < 4.78 is 0. The van der Waals surface area contributed by atoms with Crippen LogP contribution in [0.5, 0.6) is 0 Å². The van der Waals surface area contributed by atoms with E-state index in [9.17, 15) is 4.79 Å². The van der Waals surface area contributed by atoms with E-state index < -0.39 is 0 Å². The summed E-state index contributed by atoms with van der Waals surface area (Å²) in [6, 6.07) is 21.5. The first-order valence-corrected chi connectivity index (χ1v) is 7.82. The minimum absolute atomic E-state index is 0.187. The fourth-order valence-corrected chi connectivity index (χ4v) is 2.42. The molecule has 2 aromatic carbocycles. The van der Waals surface area contributed by atoms with E-state index in [0.717, 1.165) is 16.9 Å². The van der Waals surface area contributed by atoms with E-state index in [1.807, 2.05) is 61.5 Å². The molecule has 3 aromatic rings. The van der Waals surface area contributed by atoms with Crippen LogP contribution in [0.4, 0.5) is 11.4 Å². The molecule has 0 fully saturated rings. The van der Waals surface area contributed by atoms with Gasteiger partial charge < -0.3 is 10.6 Å². The lowest BCUT2D eigenvalue weighted by Crippen LogP contribution is -2.23. The molecule has 2 N–H and O–H groups in total. The van der Waals surface area contributed by atoms with Crippen molar-refractivity contribution >= 4 is 17.3 Å². The van der Waals surface area contributed by atoms with Crippen LogP contribution >= 0.6 is 0 Å². The minimum atomic E-state index is -0.187. The van der Waals surface area contributed by atoms with Crippen LogP contribution in [0.3, 0.4) is 0 Å². The molecule has 0 aliphatic carbocycles. The van der Waals surface area contributed by atoms with Crippen LogP contribution in [0.2, 0.25) is 0 Å². The summed E-state index contributed by atoms with van der Waals surface area (Å²) in [6.07, 6.45) is 1.63. The highest BCUT2D eigenvalue weighted by molar-refractivity contribution is 5.93. The van der Waals surface area contributed by atoms with E-state index in [1.54, 1.807) is 12.3 Å². The summed E-state index contributed by atoms with van der Waals surface area (Å²) in [5, 5.41) is 6.16. The van der Waals surface area contributed by atoms with E-state index >= 15 is 0 Å². The second-order valence-corrected chi connectivity index (χ2v) is 5.59. The Bertz CT molecular complexity index is 831. The molecule has 0 spiro atoms. The van der Waals surface area contributed by atoms with Crippen molar-refractivity contribution in [1.82, 2.24) is 10.3 Å². The summed E-state index contributed by atoms with van der Waals surface area (Å²) >= 11 is 0. The van der Waals surface area contributed by atoms with Crippen LogP contribution in [0.25, 0.3) is 0 Å². The highest BCUT2D eigenvalue weighted by Gasteiger charge is 2.08. The van der Waals surface area contributed by atoms with E-state index in [-0.39, 0.29) is 5.91 Å². The maximum atomic E-state index is 12.3. The van der Waals surface area contributed by atoms with Crippen LogP contribution < -0.4 is 10.6 Å². The van der Waals surface area contributed by atoms with Gasteiger partial charge in [-0.05, 0) is 36.8 Å². The van der Waals surface area contributed by atoms with Gasteiger partial charge in [0.2, 0.25) is 0 Å². The van der Waals surface area contributed by atoms with Gasteiger partial charge in [-0.2, -0.15) is 0 Å². The molecular weight excluding hydrogens is 298 g/mol. The van der Waals surface area contributed by atoms with Crippen molar-refractivity contribution in [1.29, 1.82) is 0 Å². The largest absolute Gasteiger partial charge is 0.355 e. The molecule has 0 radical (unpaired) electrons. The molecule has 0 bridgehead atoms. The third-order valence-corrected chi connectivity index (χ3v) is 3.59. The summed E-state index contributed by atoms with van der Waals surface area (Å²) in [5.74, 6) is -0.187. The van der Waals surface area contributed by atoms with E-state index in [2.05, 4.69) is 21.7 Å². The average Bonchev–Trinajstić information content (AvgIpc) is 2.61. The Balaban J connectivity index is 1.66. The monoisotopic (exact) mass is 317 g/mol. The second-order valence-electron chi connectivity index (χ2n) is 5.59. The molecule has 0 aliphatic heterocycles. The van der Waals surface area contributed by atoms with Crippen LogP contribution in [-0.4, -0.2) is 10.9 Å². The van der Waals surface area contributed by atoms with Gasteiger partial charge in [0, 0.05) is 24.1 Å². The molecule has 1 heterocycles.